The Kier molecular flexibility index (Phi) is 3.84. The maximum atomic E-state index is 9.45. The summed E-state index contributed by atoms with van der Waals surface area (Å²) in [5, 5.41) is 11.6. The molecule has 0 atom stereocenters. The number of hydrogen-bond acceptors (Lipinski definition) is 3. The molecule has 0 radical (unpaired) electrons. The van der Waals surface area contributed by atoms with Crippen LogP contribution in [0.1, 0.15) is 11.1 Å². The van der Waals surface area contributed by atoms with E-state index in [9.17, 15) is 5.11 Å². The van der Waals surface area contributed by atoms with E-state index >= 15 is 0 Å². The average Bonchev–Trinajstić information content (AvgIpc) is 2.54. The number of anilines is 1. The SMILES string of the molecule is CN(Cc1ccccc1)c1ncc(CO)c2ccccc12. The minimum absolute atomic E-state index is 0.0101. The Morgan fingerprint density at radius 1 is 0.952 bits per heavy atom. The molecule has 3 heteroatoms. The van der Waals surface area contributed by atoms with E-state index in [4.69, 9.17) is 0 Å². The van der Waals surface area contributed by atoms with E-state index in [0.717, 1.165) is 28.7 Å². The molecule has 1 N–H and O–H groups in total. The van der Waals surface area contributed by atoms with E-state index in [1.165, 1.54) is 5.56 Å². The van der Waals surface area contributed by atoms with Crippen molar-refractivity contribution in [1.82, 2.24) is 4.98 Å². The Labute approximate surface area is 124 Å². The van der Waals surface area contributed by atoms with Gasteiger partial charge in [-0.25, -0.2) is 4.98 Å². The van der Waals surface area contributed by atoms with Gasteiger partial charge < -0.3 is 10.0 Å². The molecule has 3 rings (SSSR count). The third-order valence-electron chi connectivity index (χ3n) is 3.65. The van der Waals surface area contributed by atoms with Crippen LogP contribution in [0.4, 0.5) is 5.82 Å². The quantitative estimate of drug-likeness (QED) is 0.795. The van der Waals surface area contributed by atoms with Crippen LogP contribution in [0.5, 0.6) is 0 Å². The zero-order chi connectivity index (χ0) is 14.7. The molecule has 0 aliphatic carbocycles. The highest BCUT2D eigenvalue weighted by Gasteiger charge is 2.10. The first-order valence-electron chi connectivity index (χ1n) is 7.02. The van der Waals surface area contributed by atoms with Crippen molar-refractivity contribution in [1.29, 1.82) is 0 Å². The fourth-order valence-electron chi connectivity index (χ4n) is 2.60. The van der Waals surface area contributed by atoms with Crippen LogP contribution in [0, 0.1) is 0 Å². The molecule has 1 heterocycles. The summed E-state index contributed by atoms with van der Waals surface area (Å²) in [4.78, 5) is 6.68. The van der Waals surface area contributed by atoms with Gasteiger partial charge in [0.15, 0.2) is 0 Å². The van der Waals surface area contributed by atoms with Crippen molar-refractivity contribution in [3.63, 3.8) is 0 Å². The molecular formula is C18H18N2O. The standard InChI is InChI=1S/C18H18N2O/c1-20(12-14-7-3-2-4-8-14)18-17-10-6-5-9-16(17)15(13-21)11-19-18/h2-11,21H,12-13H2,1H3. The minimum atomic E-state index is 0.0101. The molecule has 0 aliphatic heterocycles. The molecule has 3 nitrogen and oxygen atoms in total. The van der Waals surface area contributed by atoms with Crippen LogP contribution in [0.15, 0.2) is 60.8 Å². The van der Waals surface area contributed by atoms with Crippen LogP contribution >= 0.6 is 0 Å². The van der Waals surface area contributed by atoms with Gasteiger partial charge in [-0.05, 0) is 10.9 Å². The van der Waals surface area contributed by atoms with E-state index in [1.807, 2.05) is 43.4 Å². The molecule has 0 spiro atoms. The van der Waals surface area contributed by atoms with Gasteiger partial charge >= 0.3 is 0 Å². The molecule has 0 amide bonds. The number of aliphatic hydroxyl groups is 1. The van der Waals surface area contributed by atoms with Crippen molar-refractivity contribution < 1.29 is 5.11 Å². The van der Waals surface area contributed by atoms with Crippen molar-refractivity contribution in [2.45, 2.75) is 13.2 Å². The van der Waals surface area contributed by atoms with E-state index in [0.29, 0.717) is 0 Å². The van der Waals surface area contributed by atoms with Crippen molar-refractivity contribution in [3.8, 4) is 0 Å². The number of aromatic nitrogens is 1. The van der Waals surface area contributed by atoms with E-state index in [2.05, 4.69) is 28.1 Å². The lowest BCUT2D eigenvalue weighted by atomic mass is 10.1. The molecule has 21 heavy (non-hydrogen) atoms. The maximum absolute atomic E-state index is 9.45. The number of hydrogen-bond donors (Lipinski definition) is 1. The zero-order valence-corrected chi connectivity index (χ0v) is 12.0. The molecule has 3 aromatic rings. The fourth-order valence-corrected chi connectivity index (χ4v) is 2.60. The van der Waals surface area contributed by atoms with Gasteiger partial charge in [-0.1, -0.05) is 54.6 Å². The van der Waals surface area contributed by atoms with E-state index in [1.54, 1.807) is 6.20 Å². The Morgan fingerprint density at radius 3 is 2.33 bits per heavy atom. The molecule has 0 saturated heterocycles. The highest BCUT2D eigenvalue weighted by Crippen LogP contribution is 2.27. The lowest BCUT2D eigenvalue weighted by Crippen LogP contribution is -2.18. The summed E-state index contributed by atoms with van der Waals surface area (Å²) in [5.74, 6) is 0.937. The Hall–Kier alpha value is -2.39. The number of benzene rings is 2. The van der Waals surface area contributed by atoms with Crippen LogP contribution in [0.3, 0.4) is 0 Å². The second-order valence-corrected chi connectivity index (χ2v) is 5.15. The number of aliphatic hydroxyl groups excluding tert-OH is 1. The highest BCUT2D eigenvalue weighted by molar-refractivity contribution is 5.94. The van der Waals surface area contributed by atoms with E-state index < -0.39 is 0 Å². The molecule has 0 bridgehead atoms. The molecule has 0 unspecified atom stereocenters. The van der Waals surface area contributed by atoms with Gasteiger partial charge in [0, 0.05) is 30.7 Å². The van der Waals surface area contributed by atoms with Gasteiger partial charge in [0.1, 0.15) is 5.82 Å². The Morgan fingerprint density at radius 2 is 1.62 bits per heavy atom. The molecule has 106 valence electrons. The van der Waals surface area contributed by atoms with Gasteiger partial charge in [0.2, 0.25) is 0 Å². The molecule has 0 aliphatic rings. The molecular weight excluding hydrogens is 260 g/mol. The summed E-state index contributed by atoms with van der Waals surface area (Å²) in [6, 6.07) is 18.4. The number of nitrogens with zero attached hydrogens (tertiary/aromatic N) is 2. The van der Waals surface area contributed by atoms with Crippen LogP contribution in [0.25, 0.3) is 10.8 Å². The topological polar surface area (TPSA) is 36.4 Å². The summed E-state index contributed by atoms with van der Waals surface area (Å²) < 4.78 is 0. The Balaban J connectivity index is 2.00. The highest BCUT2D eigenvalue weighted by atomic mass is 16.3. The van der Waals surface area contributed by atoms with Crippen LogP contribution in [-0.4, -0.2) is 17.1 Å². The van der Waals surface area contributed by atoms with Crippen LogP contribution in [0.2, 0.25) is 0 Å². The Bertz CT molecular complexity index is 741. The summed E-state index contributed by atoms with van der Waals surface area (Å²) >= 11 is 0. The van der Waals surface area contributed by atoms with Crippen molar-refractivity contribution in [2.24, 2.45) is 0 Å². The predicted molar refractivity (Wildman–Crippen MR) is 86.2 cm³/mol. The fraction of sp³-hybridized carbons (Fsp3) is 0.167. The number of fused-ring (bicyclic) bond motifs is 1. The third kappa shape index (κ3) is 2.73. The van der Waals surface area contributed by atoms with Gasteiger partial charge in [-0.15, -0.1) is 0 Å². The summed E-state index contributed by atoms with van der Waals surface area (Å²) in [5.41, 5.74) is 2.11. The average molecular weight is 278 g/mol. The first-order chi connectivity index (χ1) is 10.3. The molecule has 0 fully saturated rings. The first-order valence-corrected chi connectivity index (χ1v) is 7.02. The molecule has 2 aromatic carbocycles. The third-order valence-corrected chi connectivity index (χ3v) is 3.65. The van der Waals surface area contributed by atoms with Crippen molar-refractivity contribution in [2.75, 3.05) is 11.9 Å². The molecule has 0 saturated carbocycles. The second-order valence-electron chi connectivity index (χ2n) is 5.15. The summed E-state index contributed by atoms with van der Waals surface area (Å²) in [6.07, 6.45) is 1.76. The normalized spacial score (nSPS) is 10.8. The summed E-state index contributed by atoms with van der Waals surface area (Å²) in [7, 11) is 2.04. The van der Waals surface area contributed by atoms with Crippen LogP contribution < -0.4 is 4.90 Å². The smallest absolute Gasteiger partial charge is 0.136 e. The largest absolute Gasteiger partial charge is 0.392 e. The van der Waals surface area contributed by atoms with Gasteiger partial charge in [0.05, 0.1) is 6.61 Å². The van der Waals surface area contributed by atoms with Gasteiger partial charge in [-0.3, -0.25) is 0 Å². The summed E-state index contributed by atoms with van der Waals surface area (Å²) in [6.45, 7) is 0.812. The lowest BCUT2D eigenvalue weighted by Gasteiger charge is -2.21. The van der Waals surface area contributed by atoms with Crippen molar-refractivity contribution >= 4 is 16.6 Å². The van der Waals surface area contributed by atoms with Gasteiger partial charge in [-0.2, -0.15) is 0 Å². The molecule has 1 aromatic heterocycles. The first kappa shape index (κ1) is 13.6. The van der Waals surface area contributed by atoms with Crippen molar-refractivity contribution in [3.05, 3.63) is 71.9 Å². The second kappa shape index (κ2) is 5.94. The van der Waals surface area contributed by atoms with Crippen LogP contribution in [-0.2, 0) is 13.2 Å². The maximum Gasteiger partial charge on any atom is 0.136 e. The van der Waals surface area contributed by atoms with Gasteiger partial charge in [0.25, 0.3) is 0 Å². The van der Waals surface area contributed by atoms with E-state index in [-0.39, 0.29) is 6.61 Å². The number of rotatable bonds is 4. The predicted octanol–water partition coefficient (Wildman–Crippen LogP) is 3.36. The minimum Gasteiger partial charge on any atom is -0.392 e. The lowest BCUT2D eigenvalue weighted by molar-refractivity contribution is 0.283. The monoisotopic (exact) mass is 278 g/mol. The number of pyridine rings is 1. The zero-order valence-electron chi connectivity index (χ0n) is 12.0.